The van der Waals surface area contributed by atoms with Crippen LogP contribution in [0.15, 0.2) is 36.4 Å². The van der Waals surface area contributed by atoms with Crippen LogP contribution in [0.3, 0.4) is 0 Å². The molecule has 5 heteroatoms. The van der Waals surface area contributed by atoms with Crippen LogP contribution in [0.2, 0.25) is 5.15 Å². The Kier molecular flexibility index (Phi) is 4.08. The van der Waals surface area contributed by atoms with E-state index in [1.165, 1.54) is 4.88 Å². The van der Waals surface area contributed by atoms with Gasteiger partial charge >= 0.3 is 0 Å². The quantitative estimate of drug-likeness (QED) is 0.629. The zero-order valence-electron chi connectivity index (χ0n) is 12.0. The zero-order chi connectivity index (χ0) is 14.8. The van der Waals surface area contributed by atoms with Crippen LogP contribution in [0.4, 0.5) is 11.6 Å². The summed E-state index contributed by atoms with van der Waals surface area (Å²) in [7, 11) is 0. The zero-order valence-corrected chi connectivity index (χ0v) is 13.6. The van der Waals surface area contributed by atoms with E-state index in [9.17, 15) is 0 Å². The van der Waals surface area contributed by atoms with E-state index in [2.05, 4.69) is 41.9 Å². The van der Waals surface area contributed by atoms with E-state index in [0.29, 0.717) is 11.1 Å². The number of benzene rings is 1. The molecule has 3 nitrogen and oxygen atoms in total. The Morgan fingerprint density at radius 3 is 2.57 bits per heavy atom. The van der Waals surface area contributed by atoms with E-state index >= 15 is 0 Å². The van der Waals surface area contributed by atoms with Crippen molar-refractivity contribution in [1.82, 2.24) is 9.97 Å². The second-order valence-corrected chi connectivity index (χ2v) is 6.15. The molecule has 0 aliphatic carbocycles. The molecule has 0 aliphatic rings. The lowest BCUT2D eigenvalue weighted by Gasteiger charge is -2.20. The number of nitrogens with zero attached hydrogens (tertiary/aromatic N) is 3. The molecule has 2 aromatic heterocycles. The van der Waals surface area contributed by atoms with Gasteiger partial charge in [0.05, 0.1) is 0 Å². The highest BCUT2D eigenvalue weighted by atomic mass is 35.5. The van der Waals surface area contributed by atoms with Crippen molar-refractivity contribution in [2.24, 2.45) is 0 Å². The number of aromatic nitrogens is 2. The molecule has 0 amide bonds. The topological polar surface area (TPSA) is 29.0 Å². The SMILES string of the molecule is CCc1cc2c(Cl)nc(N(CC)c3ccccc3)nc2s1. The highest BCUT2D eigenvalue weighted by molar-refractivity contribution is 7.18. The molecule has 0 bridgehead atoms. The van der Waals surface area contributed by atoms with Gasteiger partial charge in [-0.25, -0.2) is 4.98 Å². The first-order valence-corrected chi connectivity index (χ1v) is 8.21. The monoisotopic (exact) mass is 317 g/mol. The number of hydrogen-bond donors (Lipinski definition) is 0. The molecule has 3 aromatic rings. The molecule has 1 aromatic carbocycles. The minimum atomic E-state index is 0.528. The van der Waals surface area contributed by atoms with Crippen LogP contribution in [0.25, 0.3) is 10.2 Å². The van der Waals surface area contributed by atoms with E-state index in [1.807, 2.05) is 18.2 Å². The highest BCUT2D eigenvalue weighted by Gasteiger charge is 2.15. The maximum Gasteiger partial charge on any atom is 0.232 e. The second-order valence-electron chi connectivity index (χ2n) is 4.68. The van der Waals surface area contributed by atoms with Crippen LogP contribution in [0.5, 0.6) is 0 Å². The van der Waals surface area contributed by atoms with Crippen molar-refractivity contribution >= 4 is 44.8 Å². The Bertz CT molecular complexity index is 755. The van der Waals surface area contributed by atoms with E-state index < -0.39 is 0 Å². The predicted molar refractivity (Wildman–Crippen MR) is 90.9 cm³/mol. The van der Waals surface area contributed by atoms with Crippen molar-refractivity contribution in [2.75, 3.05) is 11.4 Å². The fourth-order valence-corrected chi connectivity index (χ4v) is 3.51. The lowest BCUT2D eigenvalue weighted by atomic mass is 10.3. The minimum absolute atomic E-state index is 0.528. The van der Waals surface area contributed by atoms with Crippen molar-refractivity contribution in [3.63, 3.8) is 0 Å². The fourth-order valence-electron chi connectivity index (χ4n) is 2.27. The lowest BCUT2D eigenvalue weighted by Crippen LogP contribution is -2.18. The number of para-hydroxylation sites is 1. The molecule has 2 heterocycles. The standard InChI is InChI=1S/C16H16ClN3S/c1-3-12-10-13-14(17)18-16(19-15(13)21-12)20(4-2)11-8-6-5-7-9-11/h5-10H,3-4H2,1-2H3. The van der Waals surface area contributed by atoms with Crippen LogP contribution in [0.1, 0.15) is 18.7 Å². The molecular weight excluding hydrogens is 302 g/mol. The summed E-state index contributed by atoms with van der Waals surface area (Å²) in [5.74, 6) is 0.658. The molecule has 0 saturated carbocycles. The van der Waals surface area contributed by atoms with Crippen molar-refractivity contribution < 1.29 is 0 Å². The number of hydrogen-bond acceptors (Lipinski definition) is 4. The fraction of sp³-hybridized carbons (Fsp3) is 0.250. The van der Waals surface area contributed by atoms with E-state index in [-0.39, 0.29) is 0 Å². The molecule has 108 valence electrons. The largest absolute Gasteiger partial charge is 0.311 e. The smallest absolute Gasteiger partial charge is 0.232 e. The summed E-state index contributed by atoms with van der Waals surface area (Å²) in [5, 5.41) is 1.48. The van der Waals surface area contributed by atoms with Crippen LogP contribution < -0.4 is 4.90 Å². The van der Waals surface area contributed by atoms with Crippen LogP contribution in [0, 0.1) is 0 Å². The average molecular weight is 318 g/mol. The van der Waals surface area contributed by atoms with E-state index in [0.717, 1.165) is 28.9 Å². The summed E-state index contributed by atoms with van der Waals surface area (Å²) in [5.41, 5.74) is 1.07. The Hall–Kier alpha value is -1.65. The van der Waals surface area contributed by atoms with Gasteiger partial charge in [-0.2, -0.15) is 4.98 Å². The Labute approximate surface area is 133 Å². The van der Waals surface area contributed by atoms with Gasteiger partial charge in [0, 0.05) is 22.5 Å². The van der Waals surface area contributed by atoms with Crippen molar-refractivity contribution in [1.29, 1.82) is 0 Å². The second kappa shape index (κ2) is 6.00. The van der Waals surface area contributed by atoms with Gasteiger partial charge in [0.2, 0.25) is 5.95 Å². The van der Waals surface area contributed by atoms with E-state index in [1.54, 1.807) is 11.3 Å². The van der Waals surface area contributed by atoms with Crippen LogP contribution in [-0.4, -0.2) is 16.5 Å². The van der Waals surface area contributed by atoms with Gasteiger partial charge in [-0.1, -0.05) is 36.7 Å². The summed E-state index contributed by atoms with van der Waals surface area (Å²) in [6.07, 6.45) is 0.989. The summed E-state index contributed by atoms with van der Waals surface area (Å²) in [4.78, 5) is 13.5. The van der Waals surface area contributed by atoms with Gasteiger partial charge in [-0.05, 0) is 31.5 Å². The molecule has 0 atom stereocenters. The lowest BCUT2D eigenvalue weighted by molar-refractivity contribution is 0.959. The molecule has 0 N–H and O–H groups in total. The molecular formula is C16H16ClN3S. The summed E-state index contributed by atoms with van der Waals surface area (Å²) in [6.45, 7) is 5.01. The van der Waals surface area contributed by atoms with Crippen molar-refractivity contribution in [3.05, 3.63) is 46.4 Å². The summed E-state index contributed by atoms with van der Waals surface area (Å²) in [6, 6.07) is 12.2. The predicted octanol–water partition coefficient (Wildman–Crippen LogP) is 5.07. The average Bonchev–Trinajstić information content (AvgIpc) is 2.93. The maximum absolute atomic E-state index is 6.35. The van der Waals surface area contributed by atoms with Gasteiger partial charge in [-0.15, -0.1) is 11.3 Å². The molecule has 0 fully saturated rings. The molecule has 0 radical (unpaired) electrons. The number of anilines is 2. The number of rotatable bonds is 4. The number of thiophene rings is 1. The number of fused-ring (bicyclic) bond motifs is 1. The Morgan fingerprint density at radius 2 is 1.90 bits per heavy atom. The molecule has 0 spiro atoms. The third kappa shape index (κ3) is 2.74. The van der Waals surface area contributed by atoms with Gasteiger partial charge in [0.15, 0.2) is 0 Å². The van der Waals surface area contributed by atoms with Gasteiger partial charge in [-0.3, -0.25) is 0 Å². The number of aryl methyl sites for hydroxylation is 1. The highest BCUT2D eigenvalue weighted by Crippen LogP contribution is 2.32. The maximum atomic E-state index is 6.35. The molecule has 0 aliphatic heterocycles. The molecule has 0 saturated heterocycles. The van der Waals surface area contributed by atoms with Crippen LogP contribution >= 0.6 is 22.9 Å². The first-order valence-electron chi connectivity index (χ1n) is 7.01. The van der Waals surface area contributed by atoms with Crippen molar-refractivity contribution in [2.45, 2.75) is 20.3 Å². The van der Waals surface area contributed by atoms with Gasteiger partial charge < -0.3 is 4.90 Å². The minimum Gasteiger partial charge on any atom is -0.311 e. The summed E-state index contributed by atoms with van der Waals surface area (Å²) < 4.78 is 0. The normalized spacial score (nSPS) is 11.0. The Balaban J connectivity index is 2.10. The third-order valence-corrected chi connectivity index (χ3v) is 4.82. The van der Waals surface area contributed by atoms with Gasteiger partial charge in [0.25, 0.3) is 0 Å². The van der Waals surface area contributed by atoms with E-state index in [4.69, 9.17) is 16.6 Å². The van der Waals surface area contributed by atoms with Crippen molar-refractivity contribution in [3.8, 4) is 0 Å². The summed E-state index contributed by atoms with van der Waals surface area (Å²) >= 11 is 8.04. The molecule has 0 unspecified atom stereocenters. The first kappa shape index (κ1) is 14.3. The van der Waals surface area contributed by atoms with Crippen LogP contribution in [-0.2, 0) is 6.42 Å². The third-order valence-electron chi connectivity index (χ3n) is 3.36. The number of halogens is 1. The van der Waals surface area contributed by atoms with Gasteiger partial charge in [0.1, 0.15) is 9.98 Å². The first-order chi connectivity index (χ1) is 10.2. The molecule has 3 rings (SSSR count). The Morgan fingerprint density at radius 1 is 1.14 bits per heavy atom. The molecule has 21 heavy (non-hydrogen) atoms.